The quantitative estimate of drug-likeness (QED) is 0.660. The minimum Gasteiger partial charge on any atom is -0.393 e. The number of carbonyl (C=O) groups excluding carboxylic acids is 2. The monoisotopic (exact) mass is 487 g/mol. The number of nitrogens with zero attached hydrogens (tertiary/aromatic N) is 3. The Kier molecular flexibility index (Phi) is 6.98. The number of halogens is 3. The fourth-order valence-corrected chi connectivity index (χ4v) is 4.62. The lowest BCUT2D eigenvalue weighted by Crippen LogP contribution is -2.42. The van der Waals surface area contributed by atoms with Gasteiger partial charge in [0.2, 0.25) is 5.91 Å². The molecule has 0 bridgehead atoms. The molecule has 6 nitrogen and oxygen atoms in total. The first-order valence-corrected chi connectivity index (χ1v) is 11.5. The third-order valence-corrected chi connectivity index (χ3v) is 6.55. The van der Waals surface area contributed by atoms with Gasteiger partial charge in [0.05, 0.1) is 19.1 Å². The first-order valence-electron chi connectivity index (χ1n) is 11.5. The zero-order valence-corrected chi connectivity index (χ0v) is 19.7. The first-order chi connectivity index (χ1) is 16.6. The third kappa shape index (κ3) is 5.24. The normalized spacial score (nSPS) is 20.9. The molecule has 9 heteroatoms. The smallest absolute Gasteiger partial charge is 0.278 e. The van der Waals surface area contributed by atoms with Crippen LogP contribution in [0.5, 0.6) is 0 Å². The van der Waals surface area contributed by atoms with Gasteiger partial charge >= 0.3 is 0 Å². The minimum absolute atomic E-state index is 0.00732. The summed E-state index contributed by atoms with van der Waals surface area (Å²) in [6.07, 6.45) is -0.883. The number of hydrogen-bond acceptors (Lipinski definition) is 3. The number of alkyl halides is 3. The summed E-state index contributed by atoms with van der Waals surface area (Å²) in [5.74, 6) is -0.676. The summed E-state index contributed by atoms with van der Waals surface area (Å²) in [6.45, 7) is 0.999. The molecule has 35 heavy (non-hydrogen) atoms. The maximum atomic E-state index is 14.8. The molecular formula is C26H28F3N3O3. The number of fused-ring (bicyclic) bond motifs is 1. The Balaban J connectivity index is 1.68. The van der Waals surface area contributed by atoms with Gasteiger partial charge in [-0.15, -0.1) is 0 Å². The molecule has 0 saturated carbocycles. The number of likely N-dealkylation sites (N-methyl/N-ethyl adjacent to an activating group) is 1. The van der Waals surface area contributed by atoms with Crippen molar-refractivity contribution in [2.45, 2.75) is 44.2 Å². The Bertz CT molecular complexity index is 1170. The minimum atomic E-state index is -2.72. The average molecular weight is 488 g/mol. The number of aliphatic hydroxyl groups excluding tert-OH is 1. The van der Waals surface area contributed by atoms with Gasteiger partial charge < -0.3 is 14.9 Å². The van der Waals surface area contributed by atoms with Crippen molar-refractivity contribution in [1.82, 2.24) is 4.90 Å². The van der Waals surface area contributed by atoms with Gasteiger partial charge in [0.15, 0.2) is 0 Å². The highest BCUT2D eigenvalue weighted by molar-refractivity contribution is 6.12. The maximum absolute atomic E-state index is 14.8. The Morgan fingerprint density at radius 1 is 1.26 bits per heavy atom. The van der Waals surface area contributed by atoms with E-state index in [-0.39, 0.29) is 41.8 Å². The Labute approximate surface area is 202 Å². The number of carbonyl (C=O) groups is 2. The summed E-state index contributed by atoms with van der Waals surface area (Å²) in [6, 6.07) is 10.6. The largest absolute Gasteiger partial charge is 0.393 e. The van der Waals surface area contributed by atoms with Gasteiger partial charge in [0, 0.05) is 36.8 Å². The van der Waals surface area contributed by atoms with Crippen LogP contribution in [0.1, 0.15) is 59.2 Å². The summed E-state index contributed by atoms with van der Waals surface area (Å²) in [7, 11) is 1.78. The molecule has 1 N–H and O–H groups in total. The van der Waals surface area contributed by atoms with Gasteiger partial charge in [-0.1, -0.05) is 24.3 Å². The Morgan fingerprint density at radius 3 is 2.74 bits per heavy atom. The predicted molar refractivity (Wildman–Crippen MR) is 127 cm³/mol. The maximum Gasteiger partial charge on any atom is 0.278 e. The van der Waals surface area contributed by atoms with Crippen molar-refractivity contribution < 1.29 is 27.9 Å². The van der Waals surface area contributed by atoms with Crippen molar-refractivity contribution in [2.24, 2.45) is 4.99 Å². The van der Waals surface area contributed by atoms with Crippen molar-refractivity contribution >= 4 is 23.3 Å². The highest BCUT2D eigenvalue weighted by atomic mass is 19.3. The van der Waals surface area contributed by atoms with E-state index in [1.54, 1.807) is 22.9 Å². The summed E-state index contributed by atoms with van der Waals surface area (Å²) < 4.78 is 41.0. The van der Waals surface area contributed by atoms with E-state index in [1.807, 2.05) is 12.1 Å². The number of anilines is 1. The molecule has 0 aromatic heterocycles. The van der Waals surface area contributed by atoms with E-state index in [1.165, 1.54) is 25.1 Å². The van der Waals surface area contributed by atoms with Crippen LogP contribution in [0.4, 0.5) is 18.9 Å². The molecule has 0 unspecified atom stereocenters. The number of piperidine rings is 1. The second-order valence-electron chi connectivity index (χ2n) is 9.44. The van der Waals surface area contributed by atoms with E-state index in [4.69, 9.17) is 0 Å². The number of hydrogen-bond donors (Lipinski definition) is 1. The second kappa shape index (κ2) is 9.81. The van der Waals surface area contributed by atoms with Gasteiger partial charge in [0.1, 0.15) is 11.5 Å². The fourth-order valence-electron chi connectivity index (χ4n) is 4.62. The molecule has 0 aliphatic carbocycles. The van der Waals surface area contributed by atoms with Crippen molar-refractivity contribution in [3.63, 3.8) is 0 Å². The number of amidine groups is 1. The number of amides is 2. The predicted octanol–water partition coefficient (Wildman–Crippen LogP) is 4.28. The molecule has 4 rings (SSSR count). The molecular weight excluding hydrogens is 459 g/mol. The van der Waals surface area contributed by atoms with Crippen LogP contribution >= 0.6 is 0 Å². The van der Waals surface area contributed by atoms with Gasteiger partial charge in [-0.3, -0.25) is 9.59 Å². The topological polar surface area (TPSA) is 73.2 Å². The molecule has 2 aromatic rings. The number of aliphatic hydroxyl groups is 1. The molecule has 186 valence electrons. The lowest BCUT2D eigenvalue weighted by molar-refractivity contribution is -0.133. The van der Waals surface area contributed by atoms with Crippen LogP contribution in [0, 0.1) is 0 Å². The lowest BCUT2D eigenvalue weighted by Gasteiger charge is -2.30. The third-order valence-electron chi connectivity index (χ3n) is 6.55. The van der Waals surface area contributed by atoms with Crippen LogP contribution < -0.4 is 4.90 Å². The van der Waals surface area contributed by atoms with Gasteiger partial charge in [0.25, 0.3) is 12.3 Å². The molecule has 2 aliphatic heterocycles. The van der Waals surface area contributed by atoms with Crippen LogP contribution in [0.15, 0.2) is 47.5 Å². The van der Waals surface area contributed by atoms with E-state index >= 15 is 0 Å². The molecule has 2 atom stereocenters. The molecule has 1 saturated heterocycles. The zero-order chi connectivity index (χ0) is 25.3. The molecule has 2 heterocycles. The van der Waals surface area contributed by atoms with E-state index in [0.717, 1.165) is 36.6 Å². The Hall–Kier alpha value is -3.20. The van der Waals surface area contributed by atoms with Crippen molar-refractivity contribution in [3.8, 4) is 0 Å². The Morgan fingerprint density at radius 2 is 2.03 bits per heavy atom. The molecule has 2 aromatic carbocycles. The lowest BCUT2D eigenvalue weighted by atomic mass is 9.88. The summed E-state index contributed by atoms with van der Waals surface area (Å²) in [5, 5.41) is 9.48. The van der Waals surface area contributed by atoms with Crippen LogP contribution in [-0.4, -0.2) is 60.1 Å². The molecule has 0 radical (unpaired) electrons. The van der Waals surface area contributed by atoms with E-state index in [0.29, 0.717) is 5.69 Å². The SMILES string of the molecule is CN1CCC[C@H](c2ccc3c(c2)CC(=NC(=O)c2cccc(C(F)F)c2)N3C[C@](C)(F)CO)C1=O. The number of aliphatic imine (C=N–C) groups is 1. The van der Waals surface area contributed by atoms with Crippen LogP contribution in [0.25, 0.3) is 0 Å². The number of benzene rings is 2. The molecule has 2 amide bonds. The summed E-state index contributed by atoms with van der Waals surface area (Å²) >= 11 is 0. The molecule has 0 spiro atoms. The second-order valence-corrected chi connectivity index (χ2v) is 9.44. The standard InChI is InChI=1S/C26H28F3N3O3/c1-26(29,15-33)14-32-21-9-8-16(20-7-4-10-31(2)25(20)35)11-19(21)13-22(32)30-24(34)18-6-3-5-17(12-18)23(27)28/h3,5-6,8-9,11-12,20,23,33H,4,7,10,13-15H2,1-2H3/t20-,26+/m1/s1. The van der Waals surface area contributed by atoms with E-state index < -0.39 is 24.6 Å². The average Bonchev–Trinajstić information content (AvgIpc) is 3.16. The van der Waals surface area contributed by atoms with Gasteiger partial charge in [-0.25, -0.2) is 13.2 Å². The van der Waals surface area contributed by atoms with Crippen molar-refractivity contribution in [1.29, 1.82) is 0 Å². The molecule has 2 aliphatic rings. The first kappa shape index (κ1) is 24.9. The van der Waals surface area contributed by atoms with E-state index in [9.17, 15) is 27.9 Å². The van der Waals surface area contributed by atoms with Crippen LogP contribution in [0.3, 0.4) is 0 Å². The highest BCUT2D eigenvalue weighted by Gasteiger charge is 2.35. The fraction of sp³-hybridized carbons (Fsp3) is 0.423. The zero-order valence-electron chi connectivity index (χ0n) is 19.7. The molecule has 1 fully saturated rings. The number of rotatable bonds is 6. The summed E-state index contributed by atoms with van der Waals surface area (Å²) in [5.41, 5.74) is 0.0177. The number of likely N-dealkylation sites (tertiary alicyclic amines) is 1. The van der Waals surface area contributed by atoms with E-state index in [2.05, 4.69) is 4.99 Å². The van der Waals surface area contributed by atoms with Crippen molar-refractivity contribution in [2.75, 3.05) is 31.6 Å². The van der Waals surface area contributed by atoms with Gasteiger partial charge in [-0.05, 0) is 49.1 Å². The van der Waals surface area contributed by atoms with Crippen LogP contribution in [0.2, 0.25) is 0 Å². The van der Waals surface area contributed by atoms with Crippen molar-refractivity contribution in [3.05, 3.63) is 64.7 Å². The highest BCUT2D eigenvalue weighted by Crippen LogP contribution is 2.36. The van der Waals surface area contributed by atoms with Crippen LogP contribution in [-0.2, 0) is 11.2 Å². The van der Waals surface area contributed by atoms with Gasteiger partial charge in [-0.2, -0.15) is 4.99 Å². The summed E-state index contributed by atoms with van der Waals surface area (Å²) in [4.78, 5) is 32.9.